The van der Waals surface area contributed by atoms with Crippen molar-refractivity contribution in [3.05, 3.63) is 36.4 Å². The highest BCUT2D eigenvalue weighted by atomic mass is 14.9. The highest BCUT2D eigenvalue weighted by Gasteiger charge is 2.25. The number of rotatable bonds is 2. The Morgan fingerprint density at radius 3 is 1.81 bits per heavy atom. The van der Waals surface area contributed by atoms with Gasteiger partial charge in [0.05, 0.1) is 0 Å². The fraction of sp³-hybridized carbons (Fsp3) is 0.571. The van der Waals surface area contributed by atoms with Crippen LogP contribution in [0.5, 0.6) is 0 Å². The smallest absolute Gasteiger partial charge is 0.000311 e. The summed E-state index contributed by atoms with van der Waals surface area (Å²) in [4.78, 5) is 0. The first-order valence-corrected chi connectivity index (χ1v) is 6.12. The minimum absolute atomic E-state index is 0.556. The Kier molecular flexibility index (Phi) is 6.12. The molecule has 1 fully saturated rings. The fourth-order valence-electron chi connectivity index (χ4n) is 2.02. The van der Waals surface area contributed by atoms with Gasteiger partial charge in [-0.25, -0.2) is 0 Å². The summed E-state index contributed by atoms with van der Waals surface area (Å²) < 4.78 is 0. The number of hydrogen-bond donors (Lipinski definition) is 2. The molecule has 2 heteroatoms. The predicted molar refractivity (Wildman–Crippen MR) is 70.6 cm³/mol. The van der Waals surface area contributed by atoms with Crippen LogP contribution in [0.2, 0.25) is 0 Å². The van der Waals surface area contributed by atoms with E-state index in [-0.39, 0.29) is 0 Å². The molecule has 1 aliphatic heterocycles. The summed E-state index contributed by atoms with van der Waals surface area (Å²) in [7, 11) is 2.04. The Morgan fingerprint density at radius 1 is 1.00 bits per heavy atom. The van der Waals surface area contributed by atoms with Crippen LogP contribution in [0.3, 0.4) is 0 Å². The van der Waals surface area contributed by atoms with E-state index in [9.17, 15) is 0 Å². The molecule has 1 heterocycles. The highest BCUT2D eigenvalue weighted by Crippen LogP contribution is 2.26. The zero-order chi connectivity index (χ0) is 11.7. The van der Waals surface area contributed by atoms with Gasteiger partial charge in [-0.15, -0.1) is 0 Å². The Labute approximate surface area is 99.5 Å². The fourth-order valence-corrected chi connectivity index (χ4v) is 2.02. The molecule has 2 N–H and O–H groups in total. The molecule has 0 aliphatic carbocycles. The second kappa shape index (κ2) is 7.42. The van der Waals surface area contributed by atoms with Crippen molar-refractivity contribution in [1.29, 1.82) is 0 Å². The summed E-state index contributed by atoms with van der Waals surface area (Å²) in [6.45, 7) is 5.91. The molecule has 1 aromatic rings. The van der Waals surface area contributed by atoms with Crippen LogP contribution < -0.4 is 10.6 Å². The van der Waals surface area contributed by atoms with Crippen LogP contribution in [-0.2, 0) is 0 Å². The van der Waals surface area contributed by atoms with Gasteiger partial charge in [-0.1, -0.05) is 43.3 Å². The summed E-state index contributed by atoms with van der Waals surface area (Å²) in [5.74, 6) is 0. The molecule has 0 saturated carbocycles. The van der Waals surface area contributed by atoms with E-state index in [4.69, 9.17) is 0 Å². The maximum atomic E-state index is 3.37. The van der Waals surface area contributed by atoms with E-state index >= 15 is 0 Å². The number of hydrogen-bond acceptors (Lipinski definition) is 2. The molecule has 0 atom stereocenters. The van der Waals surface area contributed by atoms with E-state index in [1.54, 1.807) is 0 Å². The quantitative estimate of drug-likeness (QED) is 0.799. The molecule has 0 bridgehead atoms. The molecular weight excluding hydrogens is 196 g/mol. The lowest BCUT2D eigenvalue weighted by Crippen LogP contribution is -2.40. The second-order valence-corrected chi connectivity index (χ2v) is 4.75. The monoisotopic (exact) mass is 220 g/mol. The molecule has 2 rings (SSSR count). The third kappa shape index (κ3) is 5.29. The minimum Gasteiger partial charge on any atom is -0.319 e. The van der Waals surface area contributed by atoms with Crippen molar-refractivity contribution >= 4 is 0 Å². The van der Waals surface area contributed by atoms with Gasteiger partial charge >= 0.3 is 0 Å². The molecule has 0 aromatic heterocycles. The highest BCUT2D eigenvalue weighted by molar-refractivity contribution is 4.99. The lowest BCUT2D eigenvalue weighted by molar-refractivity contribution is 0.226. The third-order valence-electron chi connectivity index (χ3n) is 3.08. The standard InChI is InChI=1S/C8H18N2.C6H6/c1-8(7-9-2)3-5-10-6-4-8;1-2-4-6-5-3-1/h9-10H,3-7H2,1-2H3;1-6H. The van der Waals surface area contributed by atoms with Gasteiger partial charge in [0.2, 0.25) is 0 Å². The van der Waals surface area contributed by atoms with Gasteiger partial charge in [0.1, 0.15) is 0 Å². The first kappa shape index (κ1) is 13.2. The van der Waals surface area contributed by atoms with E-state index in [0.717, 1.165) is 6.54 Å². The van der Waals surface area contributed by atoms with Gasteiger partial charge in [-0.3, -0.25) is 0 Å². The Hall–Kier alpha value is -0.860. The molecule has 2 nitrogen and oxygen atoms in total. The van der Waals surface area contributed by atoms with Gasteiger partial charge in [0, 0.05) is 6.54 Å². The molecule has 1 aromatic carbocycles. The van der Waals surface area contributed by atoms with Crippen molar-refractivity contribution in [3.63, 3.8) is 0 Å². The van der Waals surface area contributed by atoms with Crippen molar-refractivity contribution in [2.75, 3.05) is 26.7 Å². The molecule has 90 valence electrons. The molecular formula is C14H24N2. The Bertz CT molecular complexity index is 220. The lowest BCUT2D eigenvalue weighted by Gasteiger charge is -2.33. The van der Waals surface area contributed by atoms with Crippen LogP contribution in [0.15, 0.2) is 36.4 Å². The minimum atomic E-state index is 0.556. The van der Waals surface area contributed by atoms with Crippen LogP contribution in [0.25, 0.3) is 0 Å². The summed E-state index contributed by atoms with van der Waals surface area (Å²) in [6, 6.07) is 12.0. The summed E-state index contributed by atoms with van der Waals surface area (Å²) in [5, 5.41) is 6.62. The molecule has 16 heavy (non-hydrogen) atoms. The lowest BCUT2D eigenvalue weighted by atomic mass is 9.81. The zero-order valence-corrected chi connectivity index (χ0v) is 10.5. The molecule has 0 spiro atoms. The predicted octanol–water partition coefficient (Wildman–Crippen LogP) is 2.28. The van der Waals surface area contributed by atoms with E-state index in [1.807, 2.05) is 43.4 Å². The van der Waals surface area contributed by atoms with Gasteiger partial charge in [0.25, 0.3) is 0 Å². The summed E-state index contributed by atoms with van der Waals surface area (Å²) in [5.41, 5.74) is 0.556. The number of benzene rings is 1. The van der Waals surface area contributed by atoms with Crippen LogP contribution in [-0.4, -0.2) is 26.7 Å². The normalized spacial score (nSPS) is 18.4. The van der Waals surface area contributed by atoms with Crippen LogP contribution in [0.4, 0.5) is 0 Å². The number of nitrogens with one attached hydrogen (secondary N) is 2. The largest absolute Gasteiger partial charge is 0.319 e. The molecule has 0 radical (unpaired) electrons. The van der Waals surface area contributed by atoms with Gasteiger partial charge in [-0.2, -0.15) is 0 Å². The van der Waals surface area contributed by atoms with Gasteiger partial charge < -0.3 is 10.6 Å². The van der Waals surface area contributed by atoms with Crippen molar-refractivity contribution in [2.24, 2.45) is 5.41 Å². The van der Waals surface area contributed by atoms with Crippen LogP contribution >= 0.6 is 0 Å². The van der Waals surface area contributed by atoms with Crippen molar-refractivity contribution < 1.29 is 0 Å². The number of piperidine rings is 1. The van der Waals surface area contributed by atoms with Crippen molar-refractivity contribution in [3.8, 4) is 0 Å². The Balaban J connectivity index is 0.000000181. The van der Waals surface area contributed by atoms with Crippen LogP contribution in [0.1, 0.15) is 19.8 Å². The molecule has 0 unspecified atom stereocenters. The van der Waals surface area contributed by atoms with Crippen LogP contribution in [0, 0.1) is 5.41 Å². The van der Waals surface area contributed by atoms with Gasteiger partial charge in [-0.05, 0) is 38.4 Å². The van der Waals surface area contributed by atoms with Crippen molar-refractivity contribution in [2.45, 2.75) is 19.8 Å². The summed E-state index contributed by atoms with van der Waals surface area (Å²) in [6.07, 6.45) is 2.63. The average molecular weight is 220 g/mol. The molecule has 0 amide bonds. The molecule has 1 saturated heterocycles. The Morgan fingerprint density at radius 2 is 1.44 bits per heavy atom. The average Bonchev–Trinajstić information content (AvgIpc) is 2.33. The van der Waals surface area contributed by atoms with E-state index in [1.165, 1.54) is 25.9 Å². The third-order valence-corrected chi connectivity index (χ3v) is 3.08. The first-order chi connectivity index (χ1) is 7.77. The maximum absolute atomic E-state index is 3.37. The summed E-state index contributed by atoms with van der Waals surface area (Å²) >= 11 is 0. The maximum Gasteiger partial charge on any atom is 0.000311 e. The molecule has 1 aliphatic rings. The second-order valence-electron chi connectivity index (χ2n) is 4.75. The van der Waals surface area contributed by atoms with E-state index in [0.29, 0.717) is 5.41 Å². The first-order valence-electron chi connectivity index (χ1n) is 6.12. The zero-order valence-electron chi connectivity index (χ0n) is 10.5. The van der Waals surface area contributed by atoms with E-state index < -0.39 is 0 Å². The topological polar surface area (TPSA) is 24.1 Å². The van der Waals surface area contributed by atoms with E-state index in [2.05, 4.69) is 17.6 Å². The SMILES string of the molecule is CNCC1(C)CCNCC1.c1ccccc1. The van der Waals surface area contributed by atoms with Gasteiger partial charge in [0.15, 0.2) is 0 Å². The van der Waals surface area contributed by atoms with Crippen molar-refractivity contribution in [1.82, 2.24) is 10.6 Å².